The minimum absolute atomic E-state index is 0.135. The monoisotopic (exact) mass is 248 g/mol. The van der Waals surface area contributed by atoms with Crippen LogP contribution in [0.25, 0.3) is 0 Å². The van der Waals surface area contributed by atoms with E-state index in [-0.39, 0.29) is 17.3 Å². The molecule has 96 valence electrons. The van der Waals surface area contributed by atoms with Gasteiger partial charge >= 0.3 is 0 Å². The van der Waals surface area contributed by atoms with Gasteiger partial charge < -0.3 is 9.84 Å². The zero-order valence-corrected chi connectivity index (χ0v) is 11.8. The number of hydrogen-bond donors (Lipinski definition) is 1. The number of Topliss-reactive ketones (excluding diaryl/α,β-unsaturated/α-hetero) is 1. The van der Waals surface area contributed by atoms with Gasteiger partial charge in [0.15, 0.2) is 0 Å². The summed E-state index contributed by atoms with van der Waals surface area (Å²) in [6.07, 6.45) is -0.351. The van der Waals surface area contributed by atoms with Crippen LogP contribution in [0.15, 0.2) is 0 Å². The minimum Gasteiger partial charge on any atom is -0.390 e. The zero-order valence-electron chi connectivity index (χ0n) is 10.9. The van der Waals surface area contributed by atoms with Crippen LogP contribution >= 0.6 is 11.8 Å². The summed E-state index contributed by atoms with van der Waals surface area (Å²) in [6, 6.07) is 0. The smallest absolute Gasteiger partial charge is 0.148 e. The van der Waals surface area contributed by atoms with Crippen LogP contribution in [-0.2, 0) is 9.53 Å². The number of ether oxygens (including phenoxy) is 1. The Hall–Kier alpha value is -0.0600. The first kappa shape index (κ1) is 15.9. The van der Waals surface area contributed by atoms with Crippen molar-refractivity contribution >= 4 is 17.5 Å². The van der Waals surface area contributed by atoms with E-state index in [1.807, 2.05) is 34.6 Å². The highest BCUT2D eigenvalue weighted by atomic mass is 32.2. The molecule has 0 aliphatic carbocycles. The molecule has 4 heteroatoms. The van der Waals surface area contributed by atoms with Gasteiger partial charge in [-0.3, -0.25) is 4.79 Å². The third-order valence-corrected chi connectivity index (χ3v) is 3.09. The molecule has 3 nitrogen and oxygen atoms in total. The predicted octanol–water partition coefficient (Wildman–Crippen LogP) is 2.12. The van der Waals surface area contributed by atoms with E-state index in [2.05, 4.69) is 0 Å². The fraction of sp³-hybridized carbons (Fsp3) is 0.917. The van der Waals surface area contributed by atoms with Crippen LogP contribution < -0.4 is 0 Å². The van der Waals surface area contributed by atoms with E-state index >= 15 is 0 Å². The van der Waals surface area contributed by atoms with E-state index in [9.17, 15) is 9.90 Å². The van der Waals surface area contributed by atoms with Crippen molar-refractivity contribution in [3.05, 3.63) is 0 Å². The molecule has 0 fully saturated rings. The molecule has 0 aliphatic heterocycles. The molecule has 16 heavy (non-hydrogen) atoms. The van der Waals surface area contributed by atoms with Gasteiger partial charge in [0.05, 0.1) is 24.6 Å². The van der Waals surface area contributed by atoms with Gasteiger partial charge in [0.1, 0.15) is 5.78 Å². The summed E-state index contributed by atoms with van der Waals surface area (Å²) in [5.74, 6) is 1.23. The average molecular weight is 248 g/mol. The highest BCUT2D eigenvalue weighted by Gasteiger charge is 2.20. The van der Waals surface area contributed by atoms with Crippen molar-refractivity contribution in [2.75, 3.05) is 18.1 Å². The summed E-state index contributed by atoms with van der Waals surface area (Å²) in [5, 5.41) is 9.56. The molecule has 0 amide bonds. The van der Waals surface area contributed by atoms with E-state index < -0.39 is 6.10 Å². The number of rotatable bonds is 7. The van der Waals surface area contributed by atoms with Crippen LogP contribution in [0.2, 0.25) is 0 Å². The Bertz CT molecular complexity index is 209. The van der Waals surface area contributed by atoms with Crippen molar-refractivity contribution in [1.29, 1.82) is 0 Å². The number of hydrogen-bond acceptors (Lipinski definition) is 4. The first-order valence-corrected chi connectivity index (χ1v) is 6.79. The molecule has 0 bridgehead atoms. The predicted molar refractivity (Wildman–Crippen MR) is 68.9 cm³/mol. The molecule has 0 rings (SSSR count). The Morgan fingerprint density at radius 1 is 1.38 bits per heavy atom. The Balaban J connectivity index is 3.62. The van der Waals surface area contributed by atoms with E-state index in [1.54, 1.807) is 0 Å². The van der Waals surface area contributed by atoms with Crippen molar-refractivity contribution < 1.29 is 14.6 Å². The molecular formula is C12H24O3S. The Morgan fingerprint density at radius 3 is 2.38 bits per heavy atom. The highest BCUT2D eigenvalue weighted by molar-refractivity contribution is 8.00. The van der Waals surface area contributed by atoms with E-state index in [1.165, 1.54) is 11.8 Å². The van der Waals surface area contributed by atoms with Crippen molar-refractivity contribution in [1.82, 2.24) is 0 Å². The maximum Gasteiger partial charge on any atom is 0.148 e. The number of thioether (sulfide) groups is 1. The molecule has 1 N–H and O–H groups in total. The van der Waals surface area contributed by atoms with Gasteiger partial charge in [-0.2, -0.15) is 11.8 Å². The average Bonchev–Trinajstić information content (AvgIpc) is 2.13. The SMILES string of the molecule is CC(C)OCC(O)CSCC(=O)C(C)(C)C. The number of aliphatic hydroxyl groups is 1. The van der Waals surface area contributed by atoms with Crippen LogP contribution in [0.3, 0.4) is 0 Å². The molecule has 0 spiro atoms. The Labute approximate surface area is 103 Å². The molecule has 0 aromatic carbocycles. The molecular weight excluding hydrogens is 224 g/mol. The van der Waals surface area contributed by atoms with Crippen LogP contribution in [0.4, 0.5) is 0 Å². The van der Waals surface area contributed by atoms with Gasteiger partial charge in [0.25, 0.3) is 0 Å². The van der Waals surface area contributed by atoms with Crippen LogP contribution in [0, 0.1) is 5.41 Å². The van der Waals surface area contributed by atoms with Gasteiger partial charge in [-0.05, 0) is 13.8 Å². The lowest BCUT2D eigenvalue weighted by atomic mass is 9.92. The van der Waals surface area contributed by atoms with Gasteiger partial charge in [0, 0.05) is 11.2 Å². The lowest BCUT2D eigenvalue weighted by molar-refractivity contribution is -0.123. The molecule has 0 radical (unpaired) electrons. The molecule has 1 unspecified atom stereocenters. The van der Waals surface area contributed by atoms with Gasteiger partial charge in [-0.25, -0.2) is 0 Å². The van der Waals surface area contributed by atoms with Crippen LogP contribution in [0.1, 0.15) is 34.6 Å². The standard InChI is InChI=1S/C12H24O3S/c1-9(2)15-6-10(13)7-16-8-11(14)12(3,4)5/h9-10,13H,6-8H2,1-5H3. The first-order valence-electron chi connectivity index (χ1n) is 5.64. The zero-order chi connectivity index (χ0) is 12.8. The van der Waals surface area contributed by atoms with Crippen molar-refractivity contribution in [2.24, 2.45) is 5.41 Å². The lowest BCUT2D eigenvalue weighted by Gasteiger charge is -2.17. The molecule has 0 aliphatic rings. The largest absolute Gasteiger partial charge is 0.390 e. The summed E-state index contributed by atoms with van der Waals surface area (Å²) < 4.78 is 5.28. The molecule has 0 heterocycles. The quantitative estimate of drug-likeness (QED) is 0.749. The summed E-state index contributed by atoms with van der Waals surface area (Å²) >= 11 is 1.47. The number of carbonyl (C=O) groups is 1. The van der Waals surface area contributed by atoms with Crippen molar-refractivity contribution in [3.8, 4) is 0 Å². The highest BCUT2D eigenvalue weighted by Crippen LogP contribution is 2.18. The second-order valence-electron chi connectivity index (χ2n) is 5.22. The molecule has 1 atom stereocenters. The number of aliphatic hydroxyl groups excluding tert-OH is 1. The van der Waals surface area contributed by atoms with Gasteiger partial charge in [-0.15, -0.1) is 0 Å². The van der Waals surface area contributed by atoms with Gasteiger partial charge in [0.2, 0.25) is 0 Å². The van der Waals surface area contributed by atoms with E-state index in [0.29, 0.717) is 18.1 Å². The van der Waals surface area contributed by atoms with Crippen LogP contribution in [-0.4, -0.2) is 41.2 Å². The second-order valence-corrected chi connectivity index (χ2v) is 6.25. The summed E-state index contributed by atoms with van der Waals surface area (Å²) in [6.45, 7) is 9.94. The Kier molecular flexibility index (Phi) is 7.27. The fourth-order valence-corrected chi connectivity index (χ4v) is 1.96. The molecule has 0 saturated heterocycles. The van der Waals surface area contributed by atoms with Crippen molar-refractivity contribution in [2.45, 2.75) is 46.8 Å². The lowest BCUT2D eigenvalue weighted by Crippen LogP contribution is -2.25. The van der Waals surface area contributed by atoms with E-state index in [0.717, 1.165) is 0 Å². The minimum atomic E-state index is -0.486. The van der Waals surface area contributed by atoms with E-state index in [4.69, 9.17) is 4.74 Å². The second kappa shape index (κ2) is 7.30. The topological polar surface area (TPSA) is 46.5 Å². The first-order chi connectivity index (χ1) is 7.23. The maximum absolute atomic E-state index is 11.6. The third kappa shape index (κ3) is 8.13. The van der Waals surface area contributed by atoms with Crippen LogP contribution in [0.5, 0.6) is 0 Å². The number of ketones is 1. The summed E-state index contributed by atoms with van der Waals surface area (Å²) in [4.78, 5) is 11.6. The Morgan fingerprint density at radius 2 is 1.94 bits per heavy atom. The summed E-state index contributed by atoms with van der Waals surface area (Å²) in [5.41, 5.74) is -0.285. The fourth-order valence-electron chi connectivity index (χ4n) is 0.856. The normalized spacial score (nSPS) is 14.2. The third-order valence-electron chi connectivity index (χ3n) is 2.00. The summed E-state index contributed by atoms with van der Waals surface area (Å²) in [7, 11) is 0. The molecule has 0 aromatic heterocycles. The molecule has 0 saturated carbocycles. The molecule has 0 aromatic rings. The number of carbonyl (C=O) groups excluding carboxylic acids is 1. The van der Waals surface area contributed by atoms with Gasteiger partial charge in [-0.1, -0.05) is 20.8 Å². The maximum atomic E-state index is 11.6. The van der Waals surface area contributed by atoms with Crippen molar-refractivity contribution in [3.63, 3.8) is 0 Å².